The summed E-state index contributed by atoms with van der Waals surface area (Å²) in [5, 5.41) is 8.47. The number of hydrogen-bond donors (Lipinski definition) is 2. The summed E-state index contributed by atoms with van der Waals surface area (Å²) in [7, 11) is 0. The van der Waals surface area contributed by atoms with Gasteiger partial charge in [-0.2, -0.15) is 0 Å². The van der Waals surface area contributed by atoms with Crippen molar-refractivity contribution in [3.63, 3.8) is 0 Å². The van der Waals surface area contributed by atoms with Crippen LogP contribution in [0.5, 0.6) is 0 Å². The lowest BCUT2D eigenvalue weighted by Gasteiger charge is -2.33. The van der Waals surface area contributed by atoms with E-state index < -0.39 is 0 Å². The molecule has 1 aromatic heterocycles. The molecule has 2 N–H and O–H groups in total. The fourth-order valence-corrected chi connectivity index (χ4v) is 2.96. The second kappa shape index (κ2) is 5.19. The van der Waals surface area contributed by atoms with Crippen molar-refractivity contribution in [1.82, 2.24) is 10.6 Å². The van der Waals surface area contributed by atoms with Gasteiger partial charge in [0.15, 0.2) is 0 Å². The minimum Gasteiger partial charge on any atom is -0.348 e. The highest BCUT2D eigenvalue weighted by molar-refractivity contribution is 7.10. The van der Waals surface area contributed by atoms with Crippen LogP contribution in [0.15, 0.2) is 17.5 Å². The van der Waals surface area contributed by atoms with E-state index in [9.17, 15) is 4.79 Å². The van der Waals surface area contributed by atoms with Crippen molar-refractivity contribution in [1.29, 1.82) is 0 Å². The summed E-state index contributed by atoms with van der Waals surface area (Å²) in [6.07, 6.45) is 2.06. The van der Waals surface area contributed by atoms with Gasteiger partial charge in [0.25, 0.3) is 0 Å². The van der Waals surface area contributed by atoms with Gasteiger partial charge in [-0.15, -0.1) is 11.3 Å². The molecule has 1 unspecified atom stereocenters. The van der Waals surface area contributed by atoms with E-state index in [2.05, 4.69) is 23.6 Å². The van der Waals surface area contributed by atoms with Crippen molar-refractivity contribution in [2.24, 2.45) is 5.41 Å². The van der Waals surface area contributed by atoms with Gasteiger partial charge in [0.1, 0.15) is 0 Å². The summed E-state index contributed by atoms with van der Waals surface area (Å²) in [6, 6.07) is 4.20. The van der Waals surface area contributed by atoms with Gasteiger partial charge in [0.2, 0.25) is 5.91 Å². The number of carbonyl (C=O) groups excluding carboxylic acids is 1. The molecule has 0 aliphatic carbocycles. The van der Waals surface area contributed by atoms with Crippen molar-refractivity contribution in [2.75, 3.05) is 13.1 Å². The van der Waals surface area contributed by atoms with Crippen molar-refractivity contribution < 1.29 is 4.79 Å². The summed E-state index contributed by atoms with van der Waals surface area (Å²) in [5.41, 5.74) is -0.246. The molecule has 2 atom stereocenters. The van der Waals surface area contributed by atoms with Crippen LogP contribution in [0.1, 0.15) is 37.6 Å². The average Bonchev–Trinajstić information content (AvgIpc) is 2.83. The molecule has 0 radical (unpaired) electrons. The lowest BCUT2D eigenvalue weighted by atomic mass is 9.81. The van der Waals surface area contributed by atoms with Gasteiger partial charge >= 0.3 is 0 Å². The first-order valence-corrected chi connectivity index (χ1v) is 7.05. The zero-order valence-corrected chi connectivity index (χ0v) is 11.3. The molecule has 0 saturated carbocycles. The van der Waals surface area contributed by atoms with E-state index >= 15 is 0 Å². The van der Waals surface area contributed by atoms with E-state index in [0.717, 1.165) is 25.9 Å². The zero-order valence-electron chi connectivity index (χ0n) is 10.5. The number of carbonyl (C=O) groups is 1. The number of rotatable bonds is 3. The van der Waals surface area contributed by atoms with Crippen molar-refractivity contribution in [2.45, 2.75) is 32.7 Å². The Morgan fingerprint density at radius 3 is 3.06 bits per heavy atom. The maximum absolute atomic E-state index is 12.3. The molecule has 17 heavy (non-hydrogen) atoms. The number of hydrogen-bond acceptors (Lipinski definition) is 3. The molecule has 2 heterocycles. The Morgan fingerprint density at radius 1 is 1.65 bits per heavy atom. The predicted molar refractivity (Wildman–Crippen MR) is 71.1 cm³/mol. The first-order chi connectivity index (χ1) is 8.12. The van der Waals surface area contributed by atoms with E-state index in [4.69, 9.17) is 0 Å². The fourth-order valence-electron chi connectivity index (χ4n) is 2.23. The first-order valence-electron chi connectivity index (χ1n) is 6.17. The largest absolute Gasteiger partial charge is 0.348 e. The van der Waals surface area contributed by atoms with Crippen molar-refractivity contribution >= 4 is 17.2 Å². The van der Waals surface area contributed by atoms with Crippen LogP contribution in [0.2, 0.25) is 0 Å². The SMILES string of the molecule is C[C@H](NC(=O)C1(C)CCCNC1)c1cccs1. The summed E-state index contributed by atoms with van der Waals surface area (Å²) in [4.78, 5) is 13.5. The van der Waals surface area contributed by atoms with Gasteiger partial charge in [0, 0.05) is 11.4 Å². The predicted octanol–water partition coefficient (Wildman–Crippen LogP) is 2.32. The molecule has 0 bridgehead atoms. The Kier molecular flexibility index (Phi) is 3.84. The second-order valence-corrected chi connectivity index (χ2v) is 6.03. The standard InChI is InChI=1S/C13H20N2OS/c1-10(11-5-3-8-17-11)15-12(16)13(2)6-4-7-14-9-13/h3,5,8,10,14H,4,6-7,9H2,1-2H3,(H,15,16)/t10-,13?/m0/s1. The van der Waals surface area contributed by atoms with E-state index in [1.54, 1.807) is 11.3 Å². The molecule has 94 valence electrons. The normalized spacial score (nSPS) is 26.5. The molecule has 0 spiro atoms. The molecular weight excluding hydrogens is 232 g/mol. The highest BCUT2D eigenvalue weighted by atomic mass is 32.1. The Morgan fingerprint density at radius 2 is 2.47 bits per heavy atom. The molecule has 1 fully saturated rings. The van der Waals surface area contributed by atoms with E-state index in [1.165, 1.54) is 4.88 Å². The molecule has 3 nitrogen and oxygen atoms in total. The number of piperidine rings is 1. The van der Waals surface area contributed by atoms with Crippen LogP contribution in [-0.2, 0) is 4.79 Å². The molecule has 1 aliphatic heterocycles. The molecule has 1 amide bonds. The van der Waals surface area contributed by atoms with Crippen LogP contribution in [0.4, 0.5) is 0 Å². The first kappa shape index (κ1) is 12.6. The minimum atomic E-state index is -0.246. The average molecular weight is 252 g/mol. The Labute approximate surface area is 107 Å². The maximum Gasteiger partial charge on any atom is 0.227 e. The smallest absolute Gasteiger partial charge is 0.227 e. The van der Waals surface area contributed by atoms with Crippen LogP contribution < -0.4 is 10.6 Å². The number of amides is 1. The minimum absolute atomic E-state index is 0.112. The van der Waals surface area contributed by atoms with Gasteiger partial charge in [-0.3, -0.25) is 4.79 Å². The van der Waals surface area contributed by atoms with Crippen LogP contribution >= 0.6 is 11.3 Å². The highest BCUT2D eigenvalue weighted by Crippen LogP contribution is 2.27. The van der Waals surface area contributed by atoms with Crippen LogP contribution in [-0.4, -0.2) is 19.0 Å². The third-order valence-electron chi connectivity index (χ3n) is 3.46. The zero-order chi connectivity index (χ0) is 12.3. The Balaban J connectivity index is 1.96. The maximum atomic E-state index is 12.3. The molecule has 0 aromatic carbocycles. The lowest BCUT2D eigenvalue weighted by molar-refractivity contribution is -0.131. The van der Waals surface area contributed by atoms with Crippen LogP contribution in [0.25, 0.3) is 0 Å². The molecule has 1 aromatic rings. The number of thiophene rings is 1. The summed E-state index contributed by atoms with van der Waals surface area (Å²) in [6.45, 7) is 5.92. The Hall–Kier alpha value is -0.870. The lowest BCUT2D eigenvalue weighted by Crippen LogP contribution is -2.49. The summed E-state index contributed by atoms with van der Waals surface area (Å²) >= 11 is 1.69. The third-order valence-corrected chi connectivity index (χ3v) is 4.52. The van der Waals surface area contributed by atoms with Crippen LogP contribution in [0, 0.1) is 5.41 Å². The molecule has 4 heteroatoms. The van der Waals surface area contributed by atoms with E-state index in [0.29, 0.717) is 0 Å². The molecule has 2 rings (SSSR count). The monoisotopic (exact) mass is 252 g/mol. The van der Waals surface area contributed by atoms with Gasteiger partial charge in [-0.05, 0) is 44.7 Å². The van der Waals surface area contributed by atoms with Gasteiger partial charge < -0.3 is 10.6 Å². The topological polar surface area (TPSA) is 41.1 Å². The molecule has 1 saturated heterocycles. The second-order valence-electron chi connectivity index (χ2n) is 5.05. The molecule has 1 aliphatic rings. The van der Waals surface area contributed by atoms with Gasteiger partial charge in [-0.1, -0.05) is 6.07 Å². The van der Waals surface area contributed by atoms with Gasteiger partial charge in [-0.25, -0.2) is 0 Å². The highest BCUT2D eigenvalue weighted by Gasteiger charge is 2.35. The third kappa shape index (κ3) is 2.87. The molecular formula is C13H20N2OS. The van der Waals surface area contributed by atoms with Crippen molar-refractivity contribution in [3.05, 3.63) is 22.4 Å². The summed E-state index contributed by atoms with van der Waals surface area (Å²) in [5.74, 6) is 0.172. The summed E-state index contributed by atoms with van der Waals surface area (Å²) < 4.78 is 0. The number of nitrogens with one attached hydrogen (secondary N) is 2. The van der Waals surface area contributed by atoms with Crippen molar-refractivity contribution in [3.8, 4) is 0 Å². The fraction of sp³-hybridized carbons (Fsp3) is 0.615. The van der Waals surface area contributed by atoms with E-state index in [-0.39, 0.29) is 17.4 Å². The van der Waals surface area contributed by atoms with Gasteiger partial charge in [0.05, 0.1) is 11.5 Å². The van der Waals surface area contributed by atoms with Crippen LogP contribution in [0.3, 0.4) is 0 Å². The Bertz CT molecular complexity index is 369. The quantitative estimate of drug-likeness (QED) is 0.867. The van der Waals surface area contributed by atoms with E-state index in [1.807, 2.05) is 18.4 Å².